The highest BCUT2D eigenvalue weighted by Crippen LogP contribution is 2.29. The third kappa shape index (κ3) is 3.30. The van der Waals surface area contributed by atoms with Crippen molar-refractivity contribution in [2.45, 2.75) is 45.8 Å². The molecule has 1 aliphatic rings. The fourth-order valence-electron chi connectivity index (χ4n) is 2.95. The Morgan fingerprint density at radius 1 is 1.14 bits per heavy atom. The number of aryl methyl sites for hydroxylation is 1. The first-order valence-corrected chi connectivity index (χ1v) is 8.54. The highest BCUT2D eigenvalue weighted by Gasteiger charge is 2.26. The maximum Gasteiger partial charge on any atom is 0.0523 e. The Labute approximate surface area is 131 Å². The van der Waals surface area contributed by atoms with Crippen molar-refractivity contribution in [3.05, 3.63) is 51.7 Å². The lowest BCUT2D eigenvalue weighted by Crippen LogP contribution is -2.46. The Kier molecular flexibility index (Phi) is 4.05. The van der Waals surface area contributed by atoms with Gasteiger partial charge in [-0.15, -0.1) is 11.3 Å². The third-order valence-corrected chi connectivity index (χ3v) is 5.30. The highest BCUT2D eigenvalue weighted by atomic mass is 32.1. The van der Waals surface area contributed by atoms with Crippen LogP contribution in [0.2, 0.25) is 0 Å². The molecule has 1 aromatic heterocycles. The molecule has 0 spiro atoms. The lowest BCUT2D eigenvalue weighted by Gasteiger charge is -2.31. The van der Waals surface area contributed by atoms with Gasteiger partial charge in [-0.05, 0) is 44.0 Å². The van der Waals surface area contributed by atoms with Crippen LogP contribution in [0.1, 0.15) is 36.1 Å². The molecule has 3 rings (SSSR count). The number of nitrogens with one attached hydrogen (secondary N) is 1. The molecular weight excluding hydrogens is 276 g/mol. The predicted molar refractivity (Wildman–Crippen MR) is 92.1 cm³/mol. The van der Waals surface area contributed by atoms with E-state index in [9.17, 15) is 0 Å². The summed E-state index contributed by atoms with van der Waals surface area (Å²) >= 11 is 1.95. The number of anilines is 1. The maximum atomic E-state index is 3.67. The van der Waals surface area contributed by atoms with Gasteiger partial charge in [0.25, 0.3) is 0 Å². The van der Waals surface area contributed by atoms with Gasteiger partial charge in [-0.1, -0.05) is 25.1 Å². The summed E-state index contributed by atoms with van der Waals surface area (Å²) < 4.78 is 0. The van der Waals surface area contributed by atoms with Gasteiger partial charge in [-0.2, -0.15) is 0 Å². The van der Waals surface area contributed by atoms with Crippen LogP contribution in [0.15, 0.2) is 36.4 Å². The fourth-order valence-corrected chi connectivity index (χ4v) is 3.92. The molecule has 0 fully saturated rings. The molecule has 3 heteroatoms. The molecule has 112 valence electrons. The molecule has 0 atom stereocenters. The van der Waals surface area contributed by atoms with Crippen molar-refractivity contribution in [2.75, 3.05) is 11.4 Å². The number of fused-ring (bicyclic) bond motifs is 1. The van der Waals surface area contributed by atoms with Crippen molar-refractivity contribution in [3.63, 3.8) is 0 Å². The second-order valence-electron chi connectivity index (χ2n) is 6.44. The van der Waals surface area contributed by atoms with Crippen LogP contribution in [0.3, 0.4) is 0 Å². The molecule has 2 aromatic rings. The lowest BCUT2D eigenvalue weighted by molar-refractivity contribution is 0.395. The van der Waals surface area contributed by atoms with Crippen LogP contribution in [0.4, 0.5) is 5.69 Å². The molecule has 1 aliphatic heterocycles. The molecule has 1 aromatic carbocycles. The lowest BCUT2D eigenvalue weighted by atomic mass is 10.1. The fraction of sp³-hybridized carbons (Fsp3) is 0.444. The summed E-state index contributed by atoms with van der Waals surface area (Å²) in [5, 5.41) is 3.67. The Hall–Kier alpha value is -1.32. The Balaban J connectivity index is 1.90. The monoisotopic (exact) mass is 300 g/mol. The van der Waals surface area contributed by atoms with Gasteiger partial charge in [0.05, 0.1) is 6.54 Å². The maximum absolute atomic E-state index is 3.67. The zero-order chi connectivity index (χ0) is 14.9. The van der Waals surface area contributed by atoms with Crippen LogP contribution >= 0.6 is 11.3 Å². The van der Waals surface area contributed by atoms with Gasteiger partial charge in [-0.25, -0.2) is 0 Å². The number of hydrogen-bond acceptors (Lipinski definition) is 3. The third-order valence-electron chi connectivity index (χ3n) is 4.09. The average molecular weight is 300 g/mol. The summed E-state index contributed by atoms with van der Waals surface area (Å²) in [6.45, 7) is 9.79. The van der Waals surface area contributed by atoms with E-state index in [-0.39, 0.29) is 5.54 Å². The molecule has 21 heavy (non-hydrogen) atoms. The van der Waals surface area contributed by atoms with E-state index in [4.69, 9.17) is 0 Å². The van der Waals surface area contributed by atoms with Gasteiger partial charge in [0.15, 0.2) is 0 Å². The van der Waals surface area contributed by atoms with Crippen LogP contribution in [-0.4, -0.2) is 12.1 Å². The van der Waals surface area contributed by atoms with Crippen molar-refractivity contribution in [1.29, 1.82) is 0 Å². The van der Waals surface area contributed by atoms with Crippen LogP contribution < -0.4 is 10.2 Å². The standard InChI is InChI=1S/C18H24N2S/c1-4-15-9-10-16(21-15)12-20-13-18(2,3)19-11-14-7-5-6-8-17(14)20/h5-10,19H,4,11-13H2,1-3H3. The normalized spacial score (nSPS) is 17.4. The summed E-state index contributed by atoms with van der Waals surface area (Å²) in [4.78, 5) is 5.46. The Bertz CT molecular complexity index is 615. The van der Waals surface area contributed by atoms with Crippen LogP contribution in [-0.2, 0) is 19.5 Å². The SMILES string of the molecule is CCc1ccc(CN2CC(C)(C)NCc3ccccc32)s1. The molecule has 0 saturated heterocycles. The van der Waals surface area contributed by atoms with E-state index >= 15 is 0 Å². The Morgan fingerprint density at radius 3 is 2.67 bits per heavy atom. The number of benzene rings is 1. The van der Waals surface area contributed by atoms with Gasteiger partial charge in [-0.3, -0.25) is 0 Å². The Morgan fingerprint density at radius 2 is 1.90 bits per heavy atom. The summed E-state index contributed by atoms with van der Waals surface area (Å²) in [6, 6.07) is 13.3. The minimum absolute atomic E-state index is 0.129. The highest BCUT2D eigenvalue weighted by molar-refractivity contribution is 7.12. The number of para-hydroxylation sites is 1. The second kappa shape index (κ2) is 5.82. The first-order valence-electron chi connectivity index (χ1n) is 7.73. The average Bonchev–Trinajstić information content (AvgIpc) is 2.87. The largest absolute Gasteiger partial charge is 0.364 e. The number of hydrogen-bond donors (Lipinski definition) is 1. The minimum atomic E-state index is 0.129. The van der Waals surface area contributed by atoms with Gasteiger partial charge in [0, 0.05) is 34.1 Å². The molecule has 0 unspecified atom stereocenters. The molecule has 0 amide bonds. The molecule has 1 N–H and O–H groups in total. The van der Waals surface area contributed by atoms with Crippen molar-refractivity contribution in [2.24, 2.45) is 0 Å². The first kappa shape index (κ1) is 14.6. The van der Waals surface area contributed by atoms with Crippen LogP contribution in [0.25, 0.3) is 0 Å². The van der Waals surface area contributed by atoms with Gasteiger partial charge >= 0.3 is 0 Å². The summed E-state index contributed by atoms with van der Waals surface area (Å²) in [5.74, 6) is 0. The molecule has 2 nitrogen and oxygen atoms in total. The van der Waals surface area contributed by atoms with Crippen LogP contribution in [0, 0.1) is 0 Å². The first-order chi connectivity index (χ1) is 10.1. The summed E-state index contributed by atoms with van der Waals surface area (Å²) in [5.41, 5.74) is 2.90. The molecular formula is C18H24N2S. The molecule has 2 heterocycles. The zero-order valence-electron chi connectivity index (χ0n) is 13.1. The minimum Gasteiger partial charge on any atom is -0.364 e. The van der Waals surface area contributed by atoms with Gasteiger partial charge in [0.1, 0.15) is 0 Å². The van der Waals surface area contributed by atoms with Crippen molar-refractivity contribution < 1.29 is 0 Å². The number of nitrogens with zero attached hydrogens (tertiary/aromatic N) is 1. The molecule has 0 bridgehead atoms. The second-order valence-corrected chi connectivity index (χ2v) is 7.70. The van der Waals surface area contributed by atoms with Crippen molar-refractivity contribution in [3.8, 4) is 0 Å². The van der Waals surface area contributed by atoms with Gasteiger partial charge < -0.3 is 10.2 Å². The van der Waals surface area contributed by atoms with Crippen LogP contribution in [0.5, 0.6) is 0 Å². The van der Waals surface area contributed by atoms with E-state index in [1.807, 2.05) is 11.3 Å². The topological polar surface area (TPSA) is 15.3 Å². The number of thiophene rings is 1. The van der Waals surface area contributed by atoms with Gasteiger partial charge in [0.2, 0.25) is 0 Å². The predicted octanol–water partition coefficient (Wildman–Crippen LogP) is 4.20. The molecule has 0 radical (unpaired) electrons. The van der Waals surface area contributed by atoms with E-state index in [1.165, 1.54) is 21.0 Å². The summed E-state index contributed by atoms with van der Waals surface area (Å²) in [7, 11) is 0. The van der Waals surface area contributed by atoms with E-state index in [2.05, 4.69) is 67.4 Å². The van der Waals surface area contributed by atoms with E-state index < -0.39 is 0 Å². The number of rotatable bonds is 3. The summed E-state index contributed by atoms with van der Waals surface area (Å²) in [6.07, 6.45) is 1.13. The van der Waals surface area contributed by atoms with E-state index in [0.29, 0.717) is 0 Å². The molecule has 0 saturated carbocycles. The van der Waals surface area contributed by atoms with Crippen molar-refractivity contribution >= 4 is 17.0 Å². The zero-order valence-corrected chi connectivity index (χ0v) is 14.0. The smallest absolute Gasteiger partial charge is 0.0523 e. The van der Waals surface area contributed by atoms with E-state index in [1.54, 1.807) is 0 Å². The molecule has 0 aliphatic carbocycles. The quantitative estimate of drug-likeness (QED) is 0.914. The van der Waals surface area contributed by atoms with E-state index in [0.717, 1.165) is 26.1 Å². The van der Waals surface area contributed by atoms with Crippen molar-refractivity contribution in [1.82, 2.24) is 5.32 Å².